The Morgan fingerprint density at radius 2 is 1.70 bits per heavy atom. The van der Waals surface area contributed by atoms with Gasteiger partial charge >= 0.3 is 0 Å². The van der Waals surface area contributed by atoms with E-state index in [4.69, 9.17) is 0 Å². The number of hydrogen-bond donors (Lipinski definition) is 0. The highest BCUT2D eigenvalue weighted by molar-refractivity contribution is 5.65. The van der Waals surface area contributed by atoms with Crippen molar-refractivity contribution in [3.05, 3.63) is 59.7 Å². The average molecular weight is 265 g/mol. The molecule has 104 valence electrons. The van der Waals surface area contributed by atoms with Crippen molar-refractivity contribution in [3.63, 3.8) is 0 Å². The lowest BCUT2D eigenvalue weighted by atomic mass is 9.88. The van der Waals surface area contributed by atoms with Crippen LogP contribution in [0, 0.1) is 5.92 Å². The van der Waals surface area contributed by atoms with Crippen molar-refractivity contribution in [1.29, 1.82) is 0 Å². The van der Waals surface area contributed by atoms with Crippen molar-refractivity contribution in [2.24, 2.45) is 5.92 Å². The zero-order chi connectivity index (χ0) is 13.9. The first-order chi connectivity index (χ1) is 9.78. The van der Waals surface area contributed by atoms with Gasteiger partial charge in [0, 0.05) is 17.9 Å². The molecule has 2 aromatic carbocycles. The third-order valence-electron chi connectivity index (χ3n) is 4.42. The molecule has 0 saturated carbocycles. The number of nitrogens with zero attached hydrogens (tertiary/aromatic N) is 1. The number of rotatable bonds is 5. The monoisotopic (exact) mass is 265 g/mol. The quantitative estimate of drug-likeness (QED) is 0.737. The smallest absolute Gasteiger partial charge is 0.0413 e. The molecule has 1 nitrogen and oxygen atoms in total. The fourth-order valence-corrected chi connectivity index (χ4v) is 2.76. The van der Waals surface area contributed by atoms with Crippen molar-refractivity contribution in [1.82, 2.24) is 0 Å². The average Bonchev–Trinajstić information content (AvgIpc) is 2.47. The third-order valence-corrected chi connectivity index (χ3v) is 4.42. The molecule has 0 fully saturated rings. The van der Waals surface area contributed by atoms with Crippen LogP contribution in [0.5, 0.6) is 0 Å². The van der Waals surface area contributed by atoms with Gasteiger partial charge in [0.1, 0.15) is 0 Å². The highest BCUT2D eigenvalue weighted by atomic mass is 15.1. The summed E-state index contributed by atoms with van der Waals surface area (Å²) < 4.78 is 0. The van der Waals surface area contributed by atoms with Crippen LogP contribution in [0.25, 0.3) is 0 Å². The first-order valence-electron chi connectivity index (χ1n) is 7.72. The van der Waals surface area contributed by atoms with Gasteiger partial charge in [-0.25, -0.2) is 0 Å². The van der Waals surface area contributed by atoms with Crippen LogP contribution < -0.4 is 4.90 Å². The molecule has 1 aliphatic rings. The molecule has 1 unspecified atom stereocenters. The van der Waals surface area contributed by atoms with E-state index in [-0.39, 0.29) is 0 Å². The van der Waals surface area contributed by atoms with E-state index in [1.54, 1.807) is 0 Å². The summed E-state index contributed by atoms with van der Waals surface area (Å²) in [7, 11) is 0. The summed E-state index contributed by atoms with van der Waals surface area (Å²) in [6.07, 6.45) is 3.72. The Hall–Kier alpha value is -1.76. The minimum absolute atomic E-state index is 0.696. The van der Waals surface area contributed by atoms with Crippen LogP contribution in [-0.4, -0.2) is 6.54 Å². The Labute approximate surface area is 122 Å². The fraction of sp³-hybridized carbons (Fsp3) is 0.368. The zero-order valence-corrected chi connectivity index (χ0v) is 12.5. The molecule has 0 aliphatic heterocycles. The molecule has 20 heavy (non-hydrogen) atoms. The maximum Gasteiger partial charge on any atom is 0.0413 e. The second kappa shape index (κ2) is 5.70. The predicted molar refractivity (Wildman–Crippen MR) is 86.8 cm³/mol. The normalized spacial score (nSPS) is 14.3. The molecular weight excluding hydrogens is 242 g/mol. The molecule has 0 bridgehead atoms. The molecule has 0 radical (unpaired) electrons. The van der Waals surface area contributed by atoms with E-state index in [1.165, 1.54) is 41.8 Å². The van der Waals surface area contributed by atoms with Gasteiger partial charge in [0.2, 0.25) is 0 Å². The van der Waals surface area contributed by atoms with Crippen LogP contribution in [0.3, 0.4) is 0 Å². The molecule has 0 heterocycles. The van der Waals surface area contributed by atoms with Crippen LogP contribution in [0.1, 0.15) is 31.4 Å². The van der Waals surface area contributed by atoms with E-state index in [0.717, 1.165) is 6.54 Å². The van der Waals surface area contributed by atoms with Crippen LogP contribution >= 0.6 is 0 Å². The Bertz CT molecular complexity index is 574. The van der Waals surface area contributed by atoms with Gasteiger partial charge in [-0.15, -0.1) is 0 Å². The third kappa shape index (κ3) is 2.58. The lowest BCUT2D eigenvalue weighted by molar-refractivity contribution is 0.568. The van der Waals surface area contributed by atoms with Crippen LogP contribution in [0.4, 0.5) is 11.4 Å². The first-order valence-corrected chi connectivity index (χ1v) is 7.72. The highest BCUT2D eigenvalue weighted by Crippen LogP contribution is 2.32. The summed E-state index contributed by atoms with van der Waals surface area (Å²) in [6, 6.07) is 17.7. The number of anilines is 2. The molecule has 0 spiro atoms. The lowest BCUT2D eigenvalue weighted by Gasteiger charge is -2.30. The summed E-state index contributed by atoms with van der Waals surface area (Å²) >= 11 is 0. The van der Waals surface area contributed by atoms with E-state index in [1.807, 2.05) is 0 Å². The Morgan fingerprint density at radius 1 is 0.950 bits per heavy atom. The second-order valence-electron chi connectivity index (χ2n) is 5.91. The molecular formula is C19H23N. The molecule has 1 heteroatoms. The van der Waals surface area contributed by atoms with Crippen molar-refractivity contribution < 1.29 is 0 Å². The van der Waals surface area contributed by atoms with Gasteiger partial charge in [-0.3, -0.25) is 0 Å². The van der Waals surface area contributed by atoms with E-state index in [0.29, 0.717) is 5.92 Å². The second-order valence-corrected chi connectivity index (χ2v) is 5.91. The summed E-state index contributed by atoms with van der Waals surface area (Å²) in [5.74, 6) is 0.696. The topological polar surface area (TPSA) is 3.24 Å². The van der Waals surface area contributed by atoms with Gasteiger partial charge < -0.3 is 4.90 Å². The number of benzene rings is 2. The number of para-hydroxylation sites is 1. The molecule has 0 amide bonds. The molecule has 2 aromatic rings. The SMILES string of the molecule is CCC(C)CN(c1ccccc1)c1ccc2c(c1)CC2. The predicted octanol–water partition coefficient (Wildman–Crippen LogP) is 4.97. The molecule has 0 aromatic heterocycles. The van der Waals surface area contributed by atoms with Gasteiger partial charge in [0.25, 0.3) is 0 Å². The van der Waals surface area contributed by atoms with Gasteiger partial charge in [-0.05, 0) is 54.2 Å². The van der Waals surface area contributed by atoms with Crippen LogP contribution in [0.15, 0.2) is 48.5 Å². The van der Waals surface area contributed by atoms with E-state index < -0.39 is 0 Å². The summed E-state index contributed by atoms with van der Waals surface area (Å²) in [5, 5.41) is 0. The Kier molecular flexibility index (Phi) is 3.77. The Morgan fingerprint density at radius 3 is 2.30 bits per heavy atom. The number of aryl methyl sites for hydroxylation is 2. The summed E-state index contributed by atoms with van der Waals surface area (Å²) in [6.45, 7) is 5.68. The molecule has 1 aliphatic carbocycles. The maximum absolute atomic E-state index is 2.47. The Balaban J connectivity index is 1.93. The van der Waals surface area contributed by atoms with Crippen molar-refractivity contribution >= 4 is 11.4 Å². The molecule has 3 rings (SSSR count). The maximum atomic E-state index is 2.47. The fourth-order valence-electron chi connectivity index (χ4n) is 2.76. The lowest BCUT2D eigenvalue weighted by Crippen LogP contribution is -2.24. The van der Waals surface area contributed by atoms with Gasteiger partial charge in [-0.1, -0.05) is 44.5 Å². The minimum Gasteiger partial charge on any atom is -0.341 e. The first kappa shape index (κ1) is 13.2. The van der Waals surface area contributed by atoms with Crippen molar-refractivity contribution in [3.8, 4) is 0 Å². The van der Waals surface area contributed by atoms with Crippen molar-refractivity contribution in [2.45, 2.75) is 33.1 Å². The number of fused-ring (bicyclic) bond motifs is 1. The standard InChI is InChI=1S/C19H23N/c1-3-15(2)14-20(18-7-5-4-6-8-18)19-12-11-16-9-10-17(16)13-19/h4-8,11-13,15H,3,9-10,14H2,1-2H3. The van der Waals surface area contributed by atoms with E-state index in [2.05, 4.69) is 67.3 Å². The molecule has 0 N–H and O–H groups in total. The zero-order valence-electron chi connectivity index (χ0n) is 12.5. The van der Waals surface area contributed by atoms with E-state index in [9.17, 15) is 0 Å². The van der Waals surface area contributed by atoms with Crippen LogP contribution in [-0.2, 0) is 12.8 Å². The van der Waals surface area contributed by atoms with E-state index >= 15 is 0 Å². The highest BCUT2D eigenvalue weighted by Gasteiger charge is 2.17. The minimum atomic E-state index is 0.696. The van der Waals surface area contributed by atoms with Crippen LogP contribution in [0.2, 0.25) is 0 Å². The summed E-state index contributed by atoms with van der Waals surface area (Å²) in [5.41, 5.74) is 5.71. The molecule has 0 saturated heterocycles. The number of hydrogen-bond acceptors (Lipinski definition) is 1. The molecule has 1 atom stereocenters. The van der Waals surface area contributed by atoms with Gasteiger partial charge in [0.15, 0.2) is 0 Å². The van der Waals surface area contributed by atoms with Gasteiger partial charge in [-0.2, -0.15) is 0 Å². The largest absolute Gasteiger partial charge is 0.341 e. The van der Waals surface area contributed by atoms with Crippen molar-refractivity contribution in [2.75, 3.05) is 11.4 Å². The van der Waals surface area contributed by atoms with Gasteiger partial charge in [0.05, 0.1) is 0 Å². The summed E-state index contributed by atoms with van der Waals surface area (Å²) in [4.78, 5) is 2.47.